The van der Waals surface area contributed by atoms with E-state index in [1.54, 1.807) is 4.68 Å². The Kier molecular flexibility index (Phi) is 2.46. The smallest absolute Gasteiger partial charge is 0.147 e. The highest BCUT2D eigenvalue weighted by atomic mass is 16.5. The van der Waals surface area contributed by atoms with E-state index in [4.69, 9.17) is 4.74 Å². The van der Waals surface area contributed by atoms with Crippen LogP contribution in [0.25, 0.3) is 0 Å². The SMILES string of the molecule is CCC1(CNc2ccn(C)n2)COC1. The lowest BCUT2D eigenvalue weighted by atomic mass is 9.83. The summed E-state index contributed by atoms with van der Waals surface area (Å²) in [5.74, 6) is 0.951. The van der Waals surface area contributed by atoms with E-state index >= 15 is 0 Å². The lowest BCUT2D eigenvalue weighted by molar-refractivity contribution is -0.106. The first-order valence-corrected chi connectivity index (χ1v) is 5.05. The van der Waals surface area contributed by atoms with Crippen LogP contribution >= 0.6 is 0 Å². The number of anilines is 1. The maximum absolute atomic E-state index is 5.26. The molecule has 0 aromatic carbocycles. The third-order valence-corrected chi connectivity index (χ3v) is 2.92. The minimum absolute atomic E-state index is 0.345. The molecule has 0 radical (unpaired) electrons. The second-order valence-electron chi connectivity index (χ2n) is 4.07. The molecule has 1 fully saturated rings. The number of ether oxygens (including phenoxy) is 1. The Labute approximate surface area is 84.3 Å². The van der Waals surface area contributed by atoms with Gasteiger partial charge >= 0.3 is 0 Å². The monoisotopic (exact) mass is 195 g/mol. The summed E-state index contributed by atoms with van der Waals surface area (Å²) in [6, 6.07) is 1.99. The number of hydrogen-bond donors (Lipinski definition) is 1. The van der Waals surface area contributed by atoms with Crippen LogP contribution < -0.4 is 5.32 Å². The lowest BCUT2D eigenvalue weighted by Crippen LogP contribution is -2.47. The van der Waals surface area contributed by atoms with Crippen LogP contribution in [0, 0.1) is 5.41 Å². The molecule has 4 heteroatoms. The van der Waals surface area contributed by atoms with Gasteiger partial charge in [-0.25, -0.2) is 0 Å². The standard InChI is InChI=1S/C10H17N3O/c1-3-10(7-14-8-10)6-11-9-4-5-13(2)12-9/h4-5H,3,6-8H2,1-2H3,(H,11,12). The van der Waals surface area contributed by atoms with Gasteiger partial charge in [0.15, 0.2) is 0 Å². The van der Waals surface area contributed by atoms with Gasteiger partial charge in [0.25, 0.3) is 0 Å². The largest absolute Gasteiger partial charge is 0.380 e. The summed E-state index contributed by atoms with van der Waals surface area (Å²) in [5.41, 5.74) is 0.345. The van der Waals surface area contributed by atoms with Crippen molar-refractivity contribution in [2.75, 3.05) is 25.1 Å². The first-order chi connectivity index (χ1) is 6.74. The molecule has 2 rings (SSSR count). The van der Waals surface area contributed by atoms with Crippen LogP contribution in [0.4, 0.5) is 5.82 Å². The fourth-order valence-electron chi connectivity index (χ4n) is 1.61. The molecule has 78 valence electrons. The van der Waals surface area contributed by atoms with Gasteiger partial charge < -0.3 is 10.1 Å². The highest BCUT2D eigenvalue weighted by molar-refractivity contribution is 5.32. The summed E-state index contributed by atoms with van der Waals surface area (Å²) in [6.07, 6.45) is 3.10. The van der Waals surface area contributed by atoms with Crippen molar-refractivity contribution in [2.45, 2.75) is 13.3 Å². The Hall–Kier alpha value is -1.03. The number of aromatic nitrogens is 2. The van der Waals surface area contributed by atoms with E-state index in [2.05, 4.69) is 17.3 Å². The normalized spacial score (nSPS) is 19.0. The molecular weight excluding hydrogens is 178 g/mol. The van der Waals surface area contributed by atoms with Crippen LogP contribution in [0.2, 0.25) is 0 Å². The van der Waals surface area contributed by atoms with Crippen LogP contribution in [0.15, 0.2) is 12.3 Å². The molecule has 1 aliphatic rings. The predicted molar refractivity (Wildman–Crippen MR) is 55.2 cm³/mol. The maximum Gasteiger partial charge on any atom is 0.147 e. The Balaban J connectivity index is 1.87. The Bertz CT molecular complexity index is 299. The van der Waals surface area contributed by atoms with E-state index in [9.17, 15) is 0 Å². The van der Waals surface area contributed by atoms with E-state index in [0.29, 0.717) is 5.41 Å². The van der Waals surface area contributed by atoms with Gasteiger partial charge in [-0.15, -0.1) is 0 Å². The van der Waals surface area contributed by atoms with E-state index < -0.39 is 0 Å². The van der Waals surface area contributed by atoms with Crippen LogP contribution in [-0.2, 0) is 11.8 Å². The number of rotatable bonds is 4. The van der Waals surface area contributed by atoms with Gasteiger partial charge in [0.05, 0.1) is 13.2 Å². The summed E-state index contributed by atoms with van der Waals surface area (Å²) >= 11 is 0. The molecule has 0 bridgehead atoms. The van der Waals surface area contributed by atoms with E-state index in [1.165, 1.54) is 0 Å². The maximum atomic E-state index is 5.26. The number of aryl methyl sites for hydroxylation is 1. The fraction of sp³-hybridized carbons (Fsp3) is 0.700. The summed E-state index contributed by atoms with van der Waals surface area (Å²) in [4.78, 5) is 0. The zero-order valence-corrected chi connectivity index (χ0v) is 8.79. The van der Waals surface area contributed by atoms with Crippen molar-refractivity contribution in [3.05, 3.63) is 12.3 Å². The van der Waals surface area contributed by atoms with Gasteiger partial charge in [0.2, 0.25) is 0 Å². The van der Waals surface area contributed by atoms with Gasteiger partial charge in [0.1, 0.15) is 5.82 Å². The molecule has 0 unspecified atom stereocenters. The Morgan fingerprint density at radius 1 is 1.64 bits per heavy atom. The van der Waals surface area contributed by atoms with E-state index in [0.717, 1.165) is 32.0 Å². The fourth-order valence-corrected chi connectivity index (χ4v) is 1.61. The summed E-state index contributed by atoms with van der Waals surface area (Å²) < 4.78 is 7.06. The summed E-state index contributed by atoms with van der Waals surface area (Å²) in [7, 11) is 1.92. The molecular formula is C10H17N3O. The lowest BCUT2D eigenvalue weighted by Gasteiger charge is -2.40. The number of hydrogen-bond acceptors (Lipinski definition) is 3. The molecule has 4 nitrogen and oxygen atoms in total. The van der Waals surface area contributed by atoms with Crippen molar-refractivity contribution in [3.8, 4) is 0 Å². The molecule has 0 amide bonds. The molecule has 1 saturated heterocycles. The van der Waals surface area contributed by atoms with Crippen LogP contribution in [0.5, 0.6) is 0 Å². The average Bonchev–Trinajstić information content (AvgIpc) is 2.50. The van der Waals surface area contributed by atoms with Gasteiger partial charge in [-0.2, -0.15) is 5.10 Å². The predicted octanol–water partition coefficient (Wildman–Crippen LogP) is 1.26. The average molecular weight is 195 g/mol. The minimum atomic E-state index is 0.345. The number of nitrogens with zero attached hydrogens (tertiary/aromatic N) is 2. The van der Waals surface area contributed by atoms with Crippen molar-refractivity contribution >= 4 is 5.82 Å². The molecule has 14 heavy (non-hydrogen) atoms. The second-order valence-corrected chi connectivity index (χ2v) is 4.07. The number of nitrogens with one attached hydrogen (secondary N) is 1. The molecule has 0 saturated carbocycles. The van der Waals surface area contributed by atoms with Gasteiger partial charge in [-0.05, 0) is 6.42 Å². The molecule has 0 atom stereocenters. The highest BCUT2D eigenvalue weighted by Crippen LogP contribution is 2.31. The van der Waals surface area contributed by atoms with Crippen LogP contribution in [0.1, 0.15) is 13.3 Å². The van der Waals surface area contributed by atoms with Crippen LogP contribution in [0.3, 0.4) is 0 Å². The molecule has 1 N–H and O–H groups in total. The van der Waals surface area contributed by atoms with Crippen LogP contribution in [-0.4, -0.2) is 29.5 Å². The van der Waals surface area contributed by atoms with E-state index in [1.807, 2.05) is 19.3 Å². The molecule has 1 aliphatic heterocycles. The van der Waals surface area contributed by atoms with Crippen molar-refractivity contribution in [1.82, 2.24) is 9.78 Å². The minimum Gasteiger partial charge on any atom is -0.380 e. The second kappa shape index (κ2) is 3.61. The molecule has 2 heterocycles. The zero-order valence-electron chi connectivity index (χ0n) is 8.79. The quantitative estimate of drug-likeness (QED) is 0.786. The summed E-state index contributed by atoms with van der Waals surface area (Å²) in [5, 5.41) is 7.62. The zero-order chi connectivity index (χ0) is 10.0. The first kappa shape index (κ1) is 9.52. The third kappa shape index (κ3) is 1.75. The highest BCUT2D eigenvalue weighted by Gasteiger charge is 2.36. The first-order valence-electron chi connectivity index (χ1n) is 5.05. The molecule has 1 aromatic rings. The van der Waals surface area contributed by atoms with Crippen molar-refractivity contribution in [3.63, 3.8) is 0 Å². The van der Waals surface area contributed by atoms with Crippen molar-refractivity contribution < 1.29 is 4.74 Å². The Morgan fingerprint density at radius 3 is 2.86 bits per heavy atom. The molecule has 0 aliphatic carbocycles. The molecule has 1 aromatic heterocycles. The topological polar surface area (TPSA) is 39.1 Å². The van der Waals surface area contributed by atoms with Gasteiger partial charge in [0, 0.05) is 31.3 Å². The van der Waals surface area contributed by atoms with Gasteiger partial charge in [-0.3, -0.25) is 4.68 Å². The van der Waals surface area contributed by atoms with Crippen molar-refractivity contribution in [2.24, 2.45) is 12.5 Å². The molecule has 0 spiro atoms. The van der Waals surface area contributed by atoms with E-state index in [-0.39, 0.29) is 0 Å². The Morgan fingerprint density at radius 2 is 2.43 bits per heavy atom. The van der Waals surface area contributed by atoms with Gasteiger partial charge in [-0.1, -0.05) is 6.92 Å². The third-order valence-electron chi connectivity index (χ3n) is 2.92. The van der Waals surface area contributed by atoms with Crippen molar-refractivity contribution in [1.29, 1.82) is 0 Å². The summed E-state index contributed by atoms with van der Waals surface area (Å²) in [6.45, 7) is 4.93.